The first-order valence-corrected chi connectivity index (χ1v) is 8.75. The Morgan fingerprint density at radius 1 is 1.00 bits per heavy atom. The molecule has 1 fully saturated rings. The van der Waals surface area contributed by atoms with Gasteiger partial charge in [-0.1, -0.05) is 31.4 Å². The third-order valence-corrected chi connectivity index (χ3v) is 5.76. The Bertz CT molecular complexity index is 723. The predicted molar refractivity (Wildman–Crippen MR) is 96.4 cm³/mol. The maximum absolute atomic E-state index is 5.34. The lowest BCUT2D eigenvalue weighted by Crippen LogP contribution is -2.30. The van der Waals surface area contributed by atoms with E-state index in [4.69, 9.17) is 4.74 Å². The van der Waals surface area contributed by atoms with Crippen LogP contribution in [-0.2, 0) is 5.41 Å². The minimum atomic E-state index is 0.379. The van der Waals surface area contributed by atoms with Crippen LogP contribution < -0.4 is 10.1 Å². The zero-order valence-electron chi connectivity index (χ0n) is 14.1. The molecule has 2 aromatic rings. The van der Waals surface area contributed by atoms with E-state index in [1.807, 2.05) is 0 Å². The van der Waals surface area contributed by atoms with E-state index in [9.17, 15) is 0 Å². The van der Waals surface area contributed by atoms with E-state index in [2.05, 4.69) is 48.6 Å². The maximum Gasteiger partial charge on any atom is 0.119 e. The number of aryl methyl sites for hydroxylation is 1. The standard InChI is InChI=1S/C21H25NO/c1-15-12-17(23-2)7-8-18(15)16-6-9-20-19(13-16)21(14-22-20)10-4-3-5-11-21/h6-9,12-13,22H,3-5,10-11,14H2,1-2H3. The highest BCUT2D eigenvalue weighted by Gasteiger charge is 2.39. The molecule has 0 atom stereocenters. The summed E-state index contributed by atoms with van der Waals surface area (Å²) in [6.07, 6.45) is 6.80. The van der Waals surface area contributed by atoms with Gasteiger partial charge >= 0.3 is 0 Å². The summed E-state index contributed by atoms with van der Waals surface area (Å²) in [6, 6.07) is 13.3. The number of benzene rings is 2. The van der Waals surface area contributed by atoms with Crippen LogP contribution in [0.5, 0.6) is 5.75 Å². The molecular formula is C21H25NO. The zero-order chi connectivity index (χ0) is 15.9. The van der Waals surface area contributed by atoms with Crippen molar-refractivity contribution in [3.8, 4) is 16.9 Å². The van der Waals surface area contributed by atoms with Crippen molar-refractivity contribution < 1.29 is 4.74 Å². The van der Waals surface area contributed by atoms with E-state index >= 15 is 0 Å². The monoisotopic (exact) mass is 307 g/mol. The third-order valence-electron chi connectivity index (χ3n) is 5.76. The summed E-state index contributed by atoms with van der Waals surface area (Å²) in [6.45, 7) is 3.28. The molecule has 2 heteroatoms. The minimum Gasteiger partial charge on any atom is -0.497 e. The Morgan fingerprint density at radius 2 is 1.83 bits per heavy atom. The van der Waals surface area contributed by atoms with Gasteiger partial charge in [-0.05, 0) is 66.3 Å². The molecule has 4 rings (SSSR count). The van der Waals surface area contributed by atoms with Crippen molar-refractivity contribution in [3.63, 3.8) is 0 Å². The average Bonchev–Trinajstić information content (AvgIpc) is 2.93. The first kappa shape index (κ1) is 14.6. The summed E-state index contributed by atoms with van der Waals surface area (Å²) >= 11 is 0. The van der Waals surface area contributed by atoms with Gasteiger partial charge in [-0.2, -0.15) is 0 Å². The molecule has 1 saturated carbocycles. The average molecular weight is 307 g/mol. The zero-order valence-corrected chi connectivity index (χ0v) is 14.1. The molecular weight excluding hydrogens is 282 g/mol. The van der Waals surface area contributed by atoms with E-state index in [1.54, 1.807) is 12.7 Å². The second-order valence-corrected chi connectivity index (χ2v) is 7.14. The van der Waals surface area contributed by atoms with Crippen LogP contribution in [0.3, 0.4) is 0 Å². The Balaban J connectivity index is 1.76. The number of rotatable bonds is 2. The SMILES string of the molecule is COc1ccc(-c2ccc3c(c2)C2(CCCCC2)CN3)c(C)c1. The molecule has 2 aromatic carbocycles. The van der Waals surface area contributed by atoms with Crippen molar-refractivity contribution in [2.24, 2.45) is 0 Å². The van der Waals surface area contributed by atoms with Crippen molar-refractivity contribution in [2.45, 2.75) is 44.4 Å². The molecule has 1 aliphatic heterocycles. The van der Waals surface area contributed by atoms with Gasteiger partial charge in [0.1, 0.15) is 5.75 Å². The largest absolute Gasteiger partial charge is 0.497 e. The Morgan fingerprint density at radius 3 is 2.57 bits per heavy atom. The molecule has 1 heterocycles. The van der Waals surface area contributed by atoms with Gasteiger partial charge in [0.15, 0.2) is 0 Å². The number of nitrogens with one attached hydrogen (secondary N) is 1. The van der Waals surface area contributed by atoms with Crippen LogP contribution >= 0.6 is 0 Å². The van der Waals surface area contributed by atoms with Gasteiger partial charge in [0.2, 0.25) is 0 Å². The molecule has 23 heavy (non-hydrogen) atoms. The molecule has 120 valence electrons. The predicted octanol–water partition coefficient (Wildman–Crippen LogP) is 5.30. The highest BCUT2D eigenvalue weighted by molar-refractivity contribution is 5.74. The third kappa shape index (κ3) is 2.41. The number of hydrogen-bond acceptors (Lipinski definition) is 2. The number of hydrogen-bond donors (Lipinski definition) is 1. The highest BCUT2D eigenvalue weighted by atomic mass is 16.5. The number of methoxy groups -OCH3 is 1. The smallest absolute Gasteiger partial charge is 0.119 e. The van der Waals surface area contributed by atoms with Gasteiger partial charge in [0.05, 0.1) is 7.11 Å². The first-order chi connectivity index (χ1) is 11.2. The van der Waals surface area contributed by atoms with Crippen LogP contribution in [0.2, 0.25) is 0 Å². The summed E-state index contributed by atoms with van der Waals surface area (Å²) in [5, 5.41) is 3.65. The van der Waals surface area contributed by atoms with Gasteiger partial charge in [-0.25, -0.2) is 0 Å². The first-order valence-electron chi connectivity index (χ1n) is 8.75. The topological polar surface area (TPSA) is 21.3 Å². The second kappa shape index (κ2) is 5.59. The molecule has 2 nitrogen and oxygen atoms in total. The second-order valence-electron chi connectivity index (χ2n) is 7.14. The van der Waals surface area contributed by atoms with Crippen LogP contribution in [0.15, 0.2) is 36.4 Å². The molecule has 0 bridgehead atoms. The quantitative estimate of drug-likeness (QED) is 0.813. The molecule has 1 aliphatic carbocycles. The molecule has 0 amide bonds. The Hall–Kier alpha value is -1.96. The normalized spacial score (nSPS) is 18.5. The van der Waals surface area contributed by atoms with Crippen molar-refractivity contribution >= 4 is 5.69 Å². The van der Waals surface area contributed by atoms with E-state index in [0.29, 0.717) is 5.41 Å². The molecule has 0 unspecified atom stereocenters. The fraction of sp³-hybridized carbons (Fsp3) is 0.429. The lowest BCUT2D eigenvalue weighted by molar-refractivity contribution is 0.319. The van der Waals surface area contributed by atoms with Crippen LogP contribution in [0, 0.1) is 6.92 Å². The molecule has 1 spiro atoms. The van der Waals surface area contributed by atoms with Crippen LogP contribution in [-0.4, -0.2) is 13.7 Å². The van der Waals surface area contributed by atoms with Gasteiger partial charge in [0, 0.05) is 17.6 Å². The lowest BCUT2D eigenvalue weighted by Gasteiger charge is -2.33. The van der Waals surface area contributed by atoms with Gasteiger partial charge in [0.25, 0.3) is 0 Å². The molecule has 0 aromatic heterocycles. The summed E-state index contributed by atoms with van der Waals surface area (Å²) in [4.78, 5) is 0. The Kier molecular flexibility index (Phi) is 3.56. The number of fused-ring (bicyclic) bond motifs is 2. The number of ether oxygens (including phenoxy) is 1. The Labute approximate surface area is 138 Å². The summed E-state index contributed by atoms with van der Waals surface area (Å²) in [7, 11) is 1.72. The van der Waals surface area contributed by atoms with Gasteiger partial charge in [-0.3, -0.25) is 0 Å². The summed E-state index contributed by atoms with van der Waals surface area (Å²) < 4.78 is 5.34. The van der Waals surface area contributed by atoms with E-state index < -0.39 is 0 Å². The fourth-order valence-electron chi connectivity index (χ4n) is 4.43. The van der Waals surface area contributed by atoms with Gasteiger partial charge in [-0.15, -0.1) is 0 Å². The van der Waals surface area contributed by atoms with Gasteiger partial charge < -0.3 is 10.1 Å². The summed E-state index contributed by atoms with van der Waals surface area (Å²) in [5.41, 5.74) is 7.19. The molecule has 1 N–H and O–H groups in total. The van der Waals surface area contributed by atoms with Crippen LogP contribution in [0.25, 0.3) is 11.1 Å². The van der Waals surface area contributed by atoms with E-state index in [1.165, 1.54) is 54.5 Å². The van der Waals surface area contributed by atoms with Crippen molar-refractivity contribution in [2.75, 3.05) is 19.0 Å². The van der Waals surface area contributed by atoms with Crippen LogP contribution in [0.1, 0.15) is 43.2 Å². The van der Waals surface area contributed by atoms with Crippen LogP contribution in [0.4, 0.5) is 5.69 Å². The van der Waals surface area contributed by atoms with Crippen molar-refractivity contribution in [3.05, 3.63) is 47.5 Å². The van der Waals surface area contributed by atoms with E-state index in [-0.39, 0.29) is 0 Å². The minimum absolute atomic E-state index is 0.379. The van der Waals surface area contributed by atoms with E-state index in [0.717, 1.165) is 12.3 Å². The highest BCUT2D eigenvalue weighted by Crippen LogP contribution is 2.47. The number of anilines is 1. The maximum atomic E-state index is 5.34. The molecule has 0 saturated heterocycles. The van der Waals surface area contributed by atoms with Crippen molar-refractivity contribution in [1.82, 2.24) is 0 Å². The summed E-state index contributed by atoms with van der Waals surface area (Å²) in [5.74, 6) is 0.929. The fourth-order valence-corrected chi connectivity index (χ4v) is 4.43. The molecule has 0 radical (unpaired) electrons. The lowest BCUT2D eigenvalue weighted by atomic mass is 9.70. The molecule has 2 aliphatic rings. The van der Waals surface area contributed by atoms with Crippen molar-refractivity contribution in [1.29, 1.82) is 0 Å².